The molecule has 2 heterocycles. The average Bonchev–Trinajstić information content (AvgIpc) is 2.87. The summed E-state index contributed by atoms with van der Waals surface area (Å²) in [5, 5.41) is 0. The first kappa shape index (κ1) is 23.4. The predicted octanol–water partition coefficient (Wildman–Crippen LogP) is 6.37. The van der Waals surface area contributed by atoms with Crippen LogP contribution in [-0.2, 0) is 22.5 Å². The molecule has 3 aromatic rings. The van der Waals surface area contributed by atoms with Crippen molar-refractivity contribution in [2.24, 2.45) is 0 Å². The number of rotatable bonds is 11. The molecule has 174 valence electrons. The number of nitrogens with zero attached hydrogens (tertiary/aromatic N) is 2. The van der Waals surface area contributed by atoms with Gasteiger partial charge in [0.25, 0.3) is 0 Å². The first-order valence-corrected chi connectivity index (χ1v) is 12.1. The zero-order chi connectivity index (χ0) is 22.7. The fraction of sp³-hybridized carbons (Fsp3) is 0.429. The number of ether oxygens (including phenoxy) is 3. The second-order valence-corrected chi connectivity index (χ2v) is 8.71. The molecule has 1 aliphatic rings. The summed E-state index contributed by atoms with van der Waals surface area (Å²) >= 11 is 0. The predicted molar refractivity (Wildman–Crippen MR) is 130 cm³/mol. The van der Waals surface area contributed by atoms with Gasteiger partial charge in [-0.3, -0.25) is 0 Å². The SMILES string of the molecule is CC(CCCCc1cnc(-c2ccc(OC3CCCCO3)cc2)nc1)OCc1ccccc1. The van der Waals surface area contributed by atoms with Gasteiger partial charge in [-0.15, -0.1) is 0 Å². The molecule has 0 bridgehead atoms. The van der Waals surface area contributed by atoms with E-state index in [0.717, 1.165) is 68.7 Å². The maximum Gasteiger partial charge on any atom is 0.199 e. The third-order valence-electron chi connectivity index (χ3n) is 5.93. The molecular weight excluding hydrogens is 412 g/mol. The fourth-order valence-corrected chi connectivity index (χ4v) is 3.93. The largest absolute Gasteiger partial charge is 0.465 e. The minimum atomic E-state index is -0.126. The van der Waals surface area contributed by atoms with Crippen molar-refractivity contribution in [3.05, 3.63) is 78.1 Å². The third-order valence-corrected chi connectivity index (χ3v) is 5.93. The monoisotopic (exact) mass is 446 g/mol. The Balaban J connectivity index is 1.17. The highest BCUT2D eigenvalue weighted by atomic mass is 16.7. The molecule has 2 atom stereocenters. The molecule has 5 nitrogen and oxygen atoms in total. The number of benzene rings is 2. The molecule has 1 aliphatic heterocycles. The lowest BCUT2D eigenvalue weighted by Crippen LogP contribution is -2.24. The van der Waals surface area contributed by atoms with Gasteiger partial charge in [-0.2, -0.15) is 0 Å². The van der Waals surface area contributed by atoms with Gasteiger partial charge in [-0.05, 0) is 74.4 Å². The van der Waals surface area contributed by atoms with E-state index in [0.29, 0.717) is 6.61 Å². The first-order valence-electron chi connectivity index (χ1n) is 12.1. The Morgan fingerprint density at radius 2 is 1.73 bits per heavy atom. The van der Waals surface area contributed by atoms with Crippen LogP contribution in [0.15, 0.2) is 67.0 Å². The Morgan fingerprint density at radius 3 is 2.45 bits per heavy atom. The van der Waals surface area contributed by atoms with Crippen LogP contribution in [0.25, 0.3) is 11.4 Å². The number of aryl methyl sites for hydroxylation is 1. The van der Waals surface area contributed by atoms with Crippen LogP contribution < -0.4 is 4.74 Å². The molecule has 5 heteroatoms. The molecule has 2 unspecified atom stereocenters. The van der Waals surface area contributed by atoms with Crippen molar-refractivity contribution >= 4 is 0 Å². The summed E-state index contributed by atoms with van der Waals surface area (Å²) in [5.41, 5.74) is 3.39. The Bertz CT molecular complexity index is 939. The molecule has 33 heavy (non-hydrogen) atoms. The molecule has 1 aromatic heterocycles. The maximum absolute atomic E-state index is 5.96. The van der Waals surface area contributed by atoms with E-state index in [1.807, 2.05) is 54.9 Å². The molecule has 1 fully saturated rings. The van der Waals surface area contributed by atoms with E-state index < -0.39 is 0 Å². The molecule has 0 radical (unpaired) electrons. The first-order chi connectivity index (χ1) is 16.3. The minimum Gasteiger partial charge on any atom is -0.465 e. The number of hydrogen-bond donors (Lipinski definition) is 0. The van der Waals surface area contributed by atoms with Crippen LogP contribution in [0.3, 0.4) is 0 Å². The lowest BCUT2D eigenvalue weighted by molar-refractivity contribution is -0.105. The van der Waals surface area contributed by atoms with Crippen molar-refractivity contribution < 1.29 is 14.2 Å². The molecule has 2 aromatic carbocycles. The fourth-order valence-electron chi connectivity index (χ4n) is 3.93. The van der Waals surface area contributed by atoms with E-state index in [1.54, 1.807) is 0 Å². The molecule has 4 rings (SSSR count). The molecular formula is C28H34N2O3. The minimum absolute atomic E-state index is 0.126. The van der Waals surface area contributed by atoms with Gasteiger partial charge in [0.15, 0.2) is 12.1 Å². The van der Waals surface area contributed by atoms with Crippen molar-refractivity contribution in [1.82, 2.24) is 9.97 Å². The van der Waals surface area contributed by atoms with E-state index in [4.69, 9.17) is 14.2 Å². The Kier molecular flexibility index (Phi) is 8.84. The van der Waals surface area contributed by atoms with Crippen molar-refractivity contribution in [2.45, 2.75) is 70.9 Å². The summed E-state index contributed by atoms with van der Waals surface area (Å²) in [4.78, 5) is 9.14. The maximum atomic E-state index is 5.96. The second-order valence-electron chi connectivity index (χ2n) is 8.71. The summed E-state index contributed by atoms with van der Waals surface area (Å²) in [7, 11) is 0. The van der Waals surface area contributed by atoms with Crippen molar-refractivity contribution in [2.75, 3.05) is 6.61 Å². The van der Waals surface area contributed by atoms with Gasteiger partial charge >= 0.3 is 0 Å². The van der Waals surface area contributed by atoms with Crippen LogP contribution in [0.5, 0.6) is 5.75 Å². The number of hydrogen-bond acceptors (Lipinski definition) is 5. The third kappa shape index (κ3) is 7.65. The zero-order valence-corrected chi connectivity index (χ0v) is 19.5. The van der Waals surface area contributed by atoms with E-state index in [2.05, 4.69) is 29.0 Å². The van der Waals surface area contributed by atoms with Crippen LogP contribution in [0.4, 0.5) is 0 Å². The lowest BCUT2D eigenvalue weighted by atomic mass is 10.1. The zero-order valence-electron chi connectivity index (χ0n) is 19.5. The quantitative estimate of drug-likeness (QED) is 0.321. The smallest absolute Gasteiger partial charge is 0.199 e. The standard InChI is InChI=1S/C28H34N2O3/c1-22(32-21-23-10-3-2-4-11-23)9-5-6-12-24-19-29-28(30-20-24)25-14-16-26(17-15-25)33-27-13-7-8-18-31-27/h2-4,10-11,14-17,19-20,22,27H,5-9,12-13,18,21H2,1H3. The van der Waals surface area contributed by atoms with Gasteiger partial charge < -0.3 is 14.2 Å². The summed E-state index contributed by atoms with van der Waals surface area (Å²) in [6, 6.07) is 18.3. The van der Waals surface area contributed by atoms with Gasteiger partial charge in [-0.25, -0.2) is 9.97 Å². The molecule has 1 saturated heterocycles. The van der Waals surface area contributed by atoms with Crippen LogP contribution in [0.2, 0.25) is 0 Å². The van der Waals surface area contributed by atoms with E-state index >= 15 is 0 Å². The van der Waals surface area contributed by atoms with E-state index in [1.165, 1.54) is 11.1 Å². The molecule has 0 aliphatic carbocycles. The Morgan fingerprint density at radius 1 is 0.939 bits per heavy atom. The Hall–Kier alpha value is -2.76. The highest BCUT2D eigenvalue weighted by molar-refractivity contribution is 5.55. The van der Waals surface area contributed by atoms with Crippen LogP contribution in [0.1, 0.15) is 56.6 Å². The second kappa shape index (κ2) is 12.5. The summed E-state index contributed by atoms with van der Waals surface area (Å²) in [6.07, 6.45) is 11.5. The highest BCUT2D eigenvalue weighted by Crippen LogP contribution is 2.23. The van der Waals surface area contributed by atoms with Gasteiger partial charge in [0.05, 0.1) is 19.3 Å². The van der Waals surface area contributed by atoms with E-state index in [-0.39, 0.29) is 12.4 Å². The van der Waals surface area contributed by atoms with Gasteiger partial charge in [0, 0.05) is 24.4 Å². The summed E-state index contributed by atoms with van der Waals surface area (Å²) in [6.45, 7) is 3.61. The summed E-state index contributed by atoms with van der Waals surface area (Å²) in [5.74, 6) is 1.56. The van der Waals surface area contributed by atoms with Crippen LogP contribution in [-0.4, -0.2) is 29.0 Å². The molecule has 0 saturated carbocycles. The Labute approximate surface area is 197 Å². The number of aromatic nitrogens is 2. The topological polar surface area (TPSA) is 53.5 Å². The van der Waals surface area contributed by atoms with Gasteiger partial charge in [0.2, 0.25) is 0 Å². The van der Waals surface area contributed by atoms with Gasteiger partial charge in [-0.1, -0.05) is 36.8 Å². The highest BCUT2D eigenvalue weighted by Gasteiger charge is 2.15. The van der Waals surface area contributed by atoms with Gasteiger partial charge in [0.1, 0.15) is 5.75 Å². The molecule has 0 N–H and O–H groups in total. The van der Waals surface area contributed by atoms with Crippen molar-refractivity contribution in [1.29, 1.82) is 0 Å². The van der Waals surface area contributed by atoms with Crippen molar-refractivity contribution in [3.8, 4) is 17.1 Å². The summed E-state index contributed by atoms with van der Waals surface area (Å²) < 4.78 is 17.5. The molecule has 0 spiro atoms. The average molecular weight is 447 g/mol. The van der Waals surface area contributed by atoms with Crippen LogP contribution in [0, 0.1) is 0 Å². The van der Waals surface area contributed by atoms with Crippen LogP contribution >= 0.6 is 0 Å². The molecule has 0 amide bonds. The normalized spacial score (nSPS) is 16.9. The van der Waals surface area contributed by atoms with E-state index in [9.17, 15) is 0 Å². The number of unbranched alkanes of at least 4 members (excludes halogenated alkanes) is 1. The lowest BCUT2D eigenvalue weighted by Gasteiger charge is -2.23. The van der Waals surface area contributed by atoms with Crippen molar-refractivity contribution in [3.63, 3.8) is 0 Å².